The Hall–Kier alpha value is -3.40. The van der Waals surface area contributed by atoms with Gasteiger partial charge in [-0.1, -0.05) is 18.2 Å². The third-order valence-corrected chi connectivity index (χ3v) is 3.26. The van der Waals surface area contributed by atoms with E-state index in [9.17, 15) is 14.3 Å². The number of guanidine groups is 1. The average Bonchev–Trinajstić information content (AvgIpc) is 2.49. The zero-order valence-corrected chi connectivity index (χ0v) is 12.2. The summed E-state index contributed by atoms with van der Waals surface area (Å²) >= 11 is 0. The number of carbonyl (C=O) groups is 1. The summed E-state index contributed by atoms with van der Waals surface area (Å²) in [5.74, 6) is -2.29. The summed E-state index contributed by atoms with van der Waals surface area (Å²) in [6.45, 7) is 8.77. The molecular weight excluding hydrogens is 299 g/mol. The van der Waals surface area contributed by atoms with Gasteiger partial charge < -0.3 is 16.6 Å². The SMILES string of the molecule is [C-]#[N+]c1ccc(O)c(C(=O)N=C(N)N)c1-c1cccc(F)c1C. The molecule has 0 saturated heterocycles. The molecule has 23 heavy (non-hydrogen) atoms. The van der Waals surface area contributed by atoms with E-state index in [0.717, 1.165) is 0 Å². The Morgan fingerprint density at radius 2 is 2.00 bits per heavy atom. The maximum Gasteiger partial charge on any atom is 0.283 e. The van der Waals surface area contributed by atoms with Gasteiger partial charge >= 0.3 is 0 Å². The fourth-order valence-corrected chi connectivity index (χ4v) is 2.21. The van der Waals surface area contributed by atoms with Crippen molar-refractivity contribution in [1.82, 2.24) is 0 Å². The van der Waals surface area contributed by atoms with Crippen molar-refractivity contribution >= 4 is 17.6 Å². The highest BCUT2D eigenvalue weighted by atomic mass is 19.1. The number of benzene rings is 2. The van der Waals surface area contributed by atoms with Crippen LogP contribution in [-0.4, -0.2) is 17.0 Å². The quantitative estimate of drug-likeness (QED) is 0.450. The first-order valence-corrected chi connectivity index (χ1v) is 6.49. The zero-order chi connectivity index (χ0) is 17.1. The molecule has 6 nitrogen and oxygen atoms in total. The summed E-state index contributed by atoms with van der Waals surface area (Å²) in [5.41, 5.74) is 10.9. The third kappa shape index (κ3) is 2.96. The second kappa shape index (κ2) is 6.15. The van der Waals surface area contributed by atoms with Crippen molar-refractivity contribution in [2.45, 2.75) is 6.92 Å². The lowest BCUT2D eigenvalue weighted by molar-refractivity contribution is 0.100. The lowest BCUT2D eigenvalue weighted by atomic mass is 9.93. The number of hydrogen-bond acceptors (Lipinski definition) is 2. The molecule has 2 aromatic carbocycles. The molecule has 0 radical (unpaired) electrons. The van der Waals surface area contributed by atoms with Crippen LogP contribution in [0.3, 0.4) is 0 Å². The van der Waals surface area contributed by atoms with Crippen LogP contribution >= 0.6 is 0 Å². The normalized spacial score (nSPS) is 9.96. The van der Waals surface area contributed by atoms with E-state index in [4.69, 9.17) is 18.0 Å². The van der Waals surface area contributed by atoms with E-state index in [1.807, 2.05) is 0 Å². The summed E-state index contributed by atoms with van der Waals surface area (Å²) in [6, 6.07) is 6.80. The second-order valence-corrected chi connectivity index (χ2v) is 4.72. The van der Waals surface area contributed by atoms with Gasteiger partial charge in [0, 0.05) is 5.56 Å². The van der Waals surface area contributed by atoms with Gasteiger partial charge in [0.25, 0.3) is 5.91 Å². The highest BCUT2D eigenvalue weighted by Crippen LogP contribution is 2.40. The van der Waals surface area contributed by atoms with Crippen molar-refractivity contribution in [2.24, 2.45) is 16.5 Å². The van der Waals surface area contributed by atoms with E-state index in [2.05, 4.69) is 9.84 Å². The Kier molecular flexibility index (Phi) is 4.27. The Bertz CT molecular complexity index is 865. The molecule has 116 valence electrons. The molecule has 0 spiro atoms. The minimum absolute atomic E-state index is 0.0747. The number of carbonyl (C=O) groups excluding carboxylic acids is 1. The van der Waals surface area contributed by atoms with Crippen LogP contribution < -0.4 is 11.5 Å². The van der Waals surface area contributed by atoms with Crippen molar-refractivity contribution in [3.8, 4) is 16.9 Å². The second-order valence-electron chi connectivity index (χ2n) is 4.72. The molecule has 5 N–H and O–H groups in total. The molecule has 0 unspecified atom stereocenters. The van der Waals surface area contributed by atoms with E-state index in [1.54, 1.807) is 6.07 Å². The summed E-state index contributed by atoms with van der Waals surface area (Å²) < 4.78 is 13.9. The van der Waals surface area contributed by atoms with Gasteiger partial charge in [-0.15, -0.1) is 0 Å². The third-order valence-electron chi connectivity index (χ3n) is 3.26. The minimum Gasteiger partial charge on any atom is -0.507 e. The van der Waals surface area contributed by atoms with Crippen LogP contribution in [0.15, 0.2) is 35.3 Å². The lowest BCUT2D eigenvalue weighted by Crippen LogP contribution is -2.24. The Balaban J connectivity index is 2.88. The van der Waals surface area contributed by atoms with Gasteiger partial charge in [0.2, 0.25) is 0 Å². The molecule has 0 aliphatic heterocycles. The number of rotatable bonds is 2. The van der Waals surface area contributed by atoms with E-state index < -0.39 is 23.4 Å². The molecule has 0 aliphatic rings. The number of aromatic hydroxyl groups is 1. The number of aliphatic imine (C=N–C) groups is 1. The molecule has 2 rings (SSSR count). The summed E-state index contributed by atoms with van der Waals surface area (Å²) in [6.07, 6.45) is 0. The number of halogens is 1. The molecule has 7 heteroatoms. The van der Waals surface area contributed by atoms with Crippen LogP contribution in [0, 0.1) is 19.3 Å². The van der Waals surface area contributed by atoms with Crippen LogP contribution in [0.2, 0.25) is 0 Å². The van der Waals surface area contributed by atoms with Gasteiger partial charge in [0.15, 0.2) is 11.6 Å². The predicted octanol–water partition coefficient (Wildman–Crippen LogP) is 2.47. The van der Waals surface area contributed by atoms with E-state index in [1.165, 1.54) is 31.2 Å². The topological polar surface area (TPSA) is 106 Å². The largest absolute Gasteiger partial charge is 0.507 e. The van der Waals surface area contributed by atoms with Gasteiger partial charge in [0.05, 0.1) is 12.1 Å². The highest BCUT2D eigenvalue weighted by molar-refractivity contribution is 6.10. The number of hydrogen-bond donors (Lipinski definition) is 3. The number of nitrogens with zero attached hydrogens (tertiary/aromatic N) is 2. The molecular formula is C16H13FN4O2. The van der Waals surface area contributed by atoms with Crippen molar-refractivity contribution < 1.29 is 14.3 Å². The first-order chi connectivity index (χ1) is 10.9. The number of phenols is 1. The predicted molar refractivity (Wildman–Crippen MR) is 84.6 cm³/mol. The van der Waals surface area contributed by atoms with E-state index in [-0.39, 0.29) is 22.4 Å². The van der Waals surface area contributed by atoms with Crippen LogP contribution in [0.5, 0.6) is 5.75 Å². The molecule has 0 heterocycles. The van der Waals surface area contributed by atoms with Gasteiger partial charge in [-0.3, -0.25) is 4.79 Å². The van der Waals surface area contributed by atoms with E-state index >= 15 is 0 Å². The molecule has 0 fully saturated rings. The molecule has 0 atom stereocenters. The van der Waals surface area contributed by atoms with Gasteiger partial charge in [0.1, 0.15) is 11.6 Å². The molecule has 0 aliphatic carbocycles. The monoisotopic (exact) mass is 312 g/mol. The van der Waals surface area contributed by atoms with Crippen LogP contribution in [-0.2, 0) is 0 Å². The van der Waals surface area contributed by atoms with Crippen LogP contribution in [0.4, 0.5) is 10.1 Å². The number of phenolic OH excluding ortho intramolecular Hbond substituents is 1. The minimum atomic E-state index is -0.910. The maximum absolute atomic E-state index is 13.9. The fourth-order valence-electron chi connectivity index (χ4n) is 2.21. The smallest absolute Gasteiger partial charge is 0.283 e. The van der Waals surface area contributed by atoms with Crippen molar-refractivity contribution in [1.29, 1.82) is 0 Å². The highest BCUT2D eigenvalue weighted by Gasteiger charge is 2.22. The first-order valence-electron chi connectivity index (χ1n) is 6.49. The summed E-state index contributed by atoms with van der Waals surface area (Å²) in [4.78, 5) is 19.0. The van der Waals surface area contributed by atoms with Crippen LogP contribution in [0.1, 0.15) is 15.9 Å². The molecule has 0 aromatic heterocycles. The van der Waals surface area contributed by atoms with E-state index in [0.29, 0.717) is 5.56 Å². The molecule has 2 aromatic rings. The first kappa shape index (κ1) is 16.0. The van der Waals surface area contributed by atoms with Crippen molar-refractivity contribution in [3.05, 3.63) is 58.7 Å². The number of amides is 1. The van der Waals surface area contributed by atoms with Crippen LogP contribution in [0.25, 0.3) is 16.0 Å². The maximum atomic E-state index is 13.9. The lowest BCUT2D eigenvalue weighted by Gasteiger charge is -2.14. The van der Waals surface area contributed by atoms with Gasteiger partial charge in [-0.05, 0) is 30.2 Å². The zero-order valence-electron chi connectivity index (χ0n) is 12.2. The Morgan fingerprint density at radius 1 is 1.30 bits per heavy atom. The Morgan fingerprint density at radius 3 is 2.61 bits per heavy atom. The fraction of sp³-hybridized carbons (Fsp3) is 0.0625. The number of nitrogens with two attached hydrogens (primary N) is 2. The Labute approximate surface area is 131 Å². The molecule has 0 bridgehead atoms. The van der Waals surface area contributed by atoms with Crippen molar-refractivity contribution in [3.63, 3.8) is 0 Å². The van der Waals surface area contributed by atoms with Gasteiger partial charge in [-0.25, -0.2) is 9.24 Å². The van der Waals surface area contributed by atoms with Gasteiger partial charge in [-0.2, -0.15) is 4.99 Å². The molecule has 0 saturated carbocycles. The summed E-state index contributed by atoms with van der Waals surface area (Å²) in [7, 11) is 0. The summed E-state index contributed by atoms with van der Waals surface area (Å²) in [5, 5.41) is 10.0. The standard InChI is InChI=1S/C16H13FN4O2/c1-8-9(4-3-5-10(8)17)13-11(20-2)6-7-12(22)14(13)15(23)21-16(18)19/h3-7,22H,1H3,(H4,18,19,21,23). The molecule has 1 amide bonds. The van der Waals surface area contributed by atoms with Crippen molar-refractivity contribution in [2.75, 3.05) is 0 Å². The average molecular weight is 312 g/mol.